The smallest absolute Gasteiger partial charge is 0.223 e. The first-order valence-corrected chi connectivity index (χ1v) is 11.1. The minimum atomic E-state index is -0.616. The van der Waals surface area contributed by atoms with Crippen LogP contribution in [0, 0.1) is 0 Å². The predicted octanol–water partition coefficient (Wildman–Crippen LogP) is 4.90. The van der Waals surface area contributed by atoms with Crippen molar-refractivity contribution in [2.45, 2.75) is 51.1 Å². The van der Waals surface area contributed by atoms with Crippen LogP contribution in [0.15, 0.2) is 48.5 Å². The van der Waals surface area contributed by atoms with Gasteiger partial charge in [0, 0.05) is 24.1 Å². The van der Waals surface area contributed by atoms with Crippen LogP contribution in [-0.2, 0) is 10.2 Å². The Bertz CT molecular complexity index is 998. The van der Waals surface area contributed by atoms with Gasteiger partial charge in [0.15, 0.2) is 11.5 Å². The number of para-hydroxylation sites is 1. The molecule has 5 nitrogen and oxygen atoms in total. The van der Waals surface area contributed by atoms with Crippen LogP contribution in [0.1, 0.15) is 51.2 Å². The summed E-state index contributed by atoms with van der Waals surface area (Å²) in [6.07, 6.45) is 6.81. The van der Waals surface area contributed by atoms with Gasteiger partial charge in [0.1, 0.15) is 5.66 Å². The summed E-state index contributed by atoms with van der Waals surface area (Å²) in [4.78, 5) is 14.9. The maximum atomic E-state index is 12.5. The first kappa shape index (κ1) is 21.3. The zero-order valence-corrected chi connectivity index (χ0v) is 18.9. The van der Waals surface area contributed by atoms with Gasteiger partial charge in [-0.05, 0) is 41.8 Å². The van der Waals surface area contributed by atoms with E-state index in [9.17, 15) is 4.79 Å². The molecular weight excluding hydrogens is 388 g/mol. The third kappa shape index (κ3) is 3.56. The summed E-state index contributed by atoms with van der Waals surface area (Å²) >= 11 is 0. The summed E-state index contributed by atoms with van der Waals surface area (Å²) in [6, 6.07) is 14.4. The van der Waals surface area contributed by atoms with Gasteiger partial charge in [-0.25, -0.2) is 0 Å². The van der Waals surface area contributed by atoms with E-state index >= 15 is 0 Å². The second kappa shape index (κ2) is 8.29. The molecule has 4 rings (SSSR count). The van der Waals surface area contributed by atoms with Crippen molar-refractivity contribution in [3.05, 3.63) is 59.7 Å². The Labute approximate surface area is 185 Å². The Balaban J connectivity index is 1.69. The molecule has 164 valence electrons. The van der Waals surface area contributed by atoms with Crippen molar-refractivity contribution in [2.75, 3.05) is 25.2 Å². The summed E-state index contributed by atoms with van der Waals surface area (Å²) in [7, 11) is 1.66. The lowest BCUT2D eigenvalue weighted by molar-refractivity contribution is -0.124. The molecule has 2 aromatic carbocycles. The predicted molar refractivity (Wildman–Crippen MR) is 125 cm³/mol. The van der Waals surface area contributed by atoms with Crippen molar-refractivity contribution in [1.82, 2.24) is 5.32 Å². The van der Waals surface area contributed by atoms with E-state index < -0.39 is 5.66 Å². The molecule has 0 bridgehead atoms. The molecule has 5 heteroatoms. The Morgan fingerprint density at radius 2 is 1.97 bits per heavy atom. The highest BCUT2D eigenvalue weighted by atomic mass is 16.5. The second-order valence-corrected chi connectivity index (χ2v) is 8.80. The number of carbonyl (C=O) groups excluding carboxylic acids is 1. The van der Waals surface area contributed by atoms with Crippen LogP contribution >= 0.6 is 0 Å². The average molecular weight is 421 g/mol. The van der Waals surface area contributed by atoms with E-state index in [1.165, 1.54) is 11.3 Å². The fourth-order valence-electron chi connectivity index (χ4n) is 4.77. The molecule has 0 spiro atoms. The number of amides is 1. The highest BCUT2D eigenvalue weighted by Crippen LogP contribution is 2.52. The number of anilines is 1. The Morgan fingerprint density at radius 3 is 2.74 bits per heavy atom. The minimum absolute atomic E-state index is 0.0824. The lowest BCUT2D eigenvalue weighted by atomic mass is 9.74. The molecule has 31 heavy (non-hydrogen) atoms. The van der Waals surface area contributed by atoms with E-state index in [-0.39, 0.29) is 11.3 Å². The fraction of sp³-hybridized carbons (Fsp3) is 0.423. The largest absolute Gasteiger partial charge is 0.493 e. The van der Waals surface area contributed by atoms with E-state index in [0.717, 1.165) is 24.2 Å². The summed E-state index contributed by atoms with van der Waals surface area (Å²) in [5.41, 5.74) is 2.54. The average Bonchev–Trinajstić information content (AvgIpc) is 2.97. The van der Waals surface area contributed by atoms with Gasteiger partial charge in [-0.2, -0.15) is 0 Å². The molecule has 0 saturated carbocycles. The number of fused-ring (bicyclic) bond motifs is 3. The molecule has 1 saturated heterocycles. The van der Waals surface area contributed by atoms with Gasteiger partial charge in [0.25, 0.3) is 0 Å². The van der Waals surface area contributed by atoms with Gasteiger partial charge in [-0.15, -0.1) is 0 Å². The van der Waals surface area contributed by atoms with E-state index in [0.29, 0.717) is 25.3 Å². The van der Waals surface area contributed by atoms with Crippen molar-refractivity contribution in [3.63, 3.8) is 0 Å². The van der Waals surface area contributed by atoms with Gasteiger partial charge >= 0.3 is 0 Å². The van der Waals surface area contributed by atoms with Crippen LogP contribution in [0.5, 0.6) is 11.5 Å². The number of rotatable bonds is 7. The molecule has 2 heterocycles. The summed E-state index contributed by atoms with van der Waals surface area (Å²) < 4.78 is 11.4. The van der Waals surface area contributed by atoms with Crippen LogP contribution < -0.4 is 19.7 Å². The van der Waals surface area contributed by atoms with Gasteiger partial charge in [0.2, 0.25) is 5.91 Å². The number of nitrogens with one attached hydrogen (secondary N) is 1. The summed E-state index contributed by atoms with van der Waals surface area (Å²) in [5.74, 6) is 1.56. The van der Waals surface area contributed by atoms with E-state index in [2.05, 4.69) is 67.4 Å². The van der Waals surface area contributed by atoms with E-state index in [4.69, 9.17) is 9.47 Å². The number of carbonyl (C=O) groups is 1. The van der Waals surface area contributed by atoms with E-state index in [1.807, 2.05) is 18.2 Å². The van der Waals surface area contributed by atoms with Crippen molar-refractivity contribution in [1.29, 1.82) is 0 Å². The highest BCUT2D eigenvalue weighted by Gasteiger charge is 2.57. The number of hydrogen-bond acceptors (Lipinski definition) is 4. The molecule has 0 aliphatic carbocycles. The molecule has 2 aromatic rings. The van der Waals surface area contributed by atoms with Gasteiger partial charge in [0.05, 0.1) is 13.7 Å². The molecular formula is C26H32N2O3. The lowest BCUT2D eigenvalue weighted by Crippen LogP contribution is -2.68. The third-order valence-corrected chi connectivity index (χ3v) is 6.60. The quantitative estimate of drug-likeness (QED) is 0.647. The minimum Gasteiger partial charge on any atom is -0.493 e. The molecule has 1 N–H and O–H groups in total. The molecule has 1 atom stereocenters. The maximum absolute atomic E-state index is 12.5. The normalized spacial score (nSPS) is 21.5. The third-order valence-electron chi connectivity index (χ3n) is 6.60. The van der Waals surface area contributed by atoms with Gasteiger partial charge in [-0.1, -0.05) is 57.5 Å². The standard InChI is InChI=1S/C26H32N2O3/c1-5-6-17-31-22-12-11-19(18-23(22)30-4)13-15-26-25(2,3)20-9-7-8-10-21(20)28(26)16-14-24(29)27-26/h7-13,15,18H,5-6,14,16-17H2,1-4H3,(H,27,29). The number of hydrogen-bond donors (Lipinski definition) is 1. The van der Waals surface area contributed by atoms with Crippen molar-refractivity contribution in [3.8, 4) is 11.5 Å². The first-order chi connectivity index (χ1) is 14.9. The Hall–Kier alpha value is -2.95. The molecule has 1 fully saturated rings. The van der Waals surface area contributed by atoms with Crippen LogP contribution in [0.4, 0.5) is 5.69 Å². The number of nitrogens with zero attached hydrogens (tertiary/aromatic N) is 1. The van der Waals surface area contributed by atoms with Crippen molar-refractivity contribution < 1.29 is 14.3 Å². The number of methoxy groups -OCH3 is 1. The Morgan fingerprint density at radius 1 is 1.16 bits per heavy atom. The second-order valence-electron chi connectivity index (χ2n) is 8.80. The lowest BCUT2D eigenvalue weighted by Gasteiger charge is -2.49. The van der Waals surface area contributed by atoms with Crippen LogP contribution in [0.25, 0.3) is 6.08 Å². The topological polar surface area (TPSA) is 50.8 Å². The van der Waals surface area contributed by atoms with Crippen molar-refractivity contribution in [2.24, 2.45) is 0 Å². The van der Waals surface area contributed by atoms with Crippen molar-refractivity contribution >= 4 is 17.7 Å². The van der Waals surface area contributed by atoms with Gasteiger partial charge in [-0.3, -0.25) is 4.79 Å². The highest BCUT2D eigenvalue weighted by molar-refractivity contribution is 5.84. The van der Waals surface area contributed by atoms with Crippen LogP contribution in [0.2, 0.25) is 0 Å². The number of ether oxygens (including phenoxy) is 2. The monoisotopic (exact) mass is 420 g/mol. The zero-order chi connectivity index (χ0) is 22.1. The van der Waals surface area contributed by atoms with Gasteiger partial charge < -0.3 is 19.7 Å². The first-order valence-electron chi connectivity index (χ1n) is 11.1. The molecule has 0 aromatic heterocycles. The Kier molecular flexibility index (Phi) is 5.69. The molecule has 1 unspecified atom stereocenters. The summed E-state index contributed by atoms with van der Waals surface area (Å²) in [6.45, 7) is 7.92. The van der Waals surface area contributed by atoms with Crippen LogP contribution in [-0.4, -0.2) is 31.8 Å². The molecule has 1 amide bonds. The van der Waals surface area contributed by atoms with E-state index in [1.54, 1.807) is 7.11 Å². The SMILES string of the molecule is CCCCOc1ccc(C=CC23NC(=O)CCN2c2ccccc2C3(C)C)cc1OC. The molecule has 2 aliphatic rings. The molecule has 0 radical (unpaired) electrons. The molecule has 2 aliphatic heterocycles. The number of benzene rings is 2. The maximum Gasteiger partial charge on any atom is 0.223 e. The summed E-state index contributed by atoms with van der Waals surface area (Å²) in [5, 5.41) is 3.32. The number of unbranched alkanes of at least 4 members (excludes halogenated alkanes) is 1. The fourth-order valence-corrected chi connectivity index (χ4v) is 4.77. The van der Waals surface area contributed by atoms with Crippen LogP contribution in [0.3, 0.4) is 0 Å². The zero-order valence-electron chi connectivity index (χ0n) is 18.9.